The Balaban J connectivity index is 1.99. The number of ether oxygens (including phenoxy) is 1. The summed E-state index contributed by atoms with van der Waals surface area (Å²) in [7, 11) is 0. The van der Waals surface area contributed by atoms with Crippen molar-refractivity contribution in [1.82, 2.24) is 5.43 Å². The number of hydrogen-bond acceptors (Lipinski definition) is 8. The number of benzene rings is 2. The zero-order valence-corrected chi connectivity index (χ0v) is 19.7. The van der Waals surface area contributed by atoms with Crippen molar-refractivity contribution in [2.24, 2.45) is 10.5 Å². The summed E-state index contributed by atoms with van der Waals surface area (Å²) in [5.41, 5.74) is 1.68. The number of phenolic OH excluding ortho intramolecular Hbond substituents is 1. The Hall–Kier alpha value is -4.02. The van der Waals surface area contributed by atoms with Crippen molar-refractivity contribution < 1.29 is 24.5 Å². The molecule has 0 saturated heterocycles. The molecule has 0 atom stereocenters. The van der Waals surface area contributed by atoms with E-state index in [1.165, 1.54) is 0 Å². The van der Waals surface area contributed by atoms with Gasteiger partial charge in [-0.1, -0.05) is 46.8 Å². The fourth-order valence-corrected chi connectivity index (χ4v) is 3.75. The number of nitrogens with one attached hydrogen (secondary N) is 1. The van der Waals surface area contributed by atoms with Gasteiger partial charge >= 0.3 is 5.69 Å². The molecule has 0 aliphatic heterocycles. The van der Waals surface area contributed by atoms with Crippen LogP contribution in [-0.4, -0.2) is 33.7 Å². The predicted octanol–water partition coefficient (Wildman–Crippen LogP) is 4.45. The third kappa shape index (κ3) is 7.26. The molecule has 1 amide bonds. The molecule has 2 aromatic carbocycles. The number of non-ortho nitro benzene ring substituents is 1. The first-order valence-corrected chi connectivity index (χ1v) is 10.4. The van der Waals surface area contributed by atoms with E-state index in [1.54, 1.807) is 12.1 Å². The van der Waals surface area contributed by atoms with Crippen LogP contribution in [0.15, 0.2) is 41.5 Å². The minimum absolute atomic E-state index is 0.0317. The van der Waals surface area contributed by atoms with Crippen LogP contribution in [0.25, 0.3) is 0 Å². The molecular weight excluding hydrogens is 444 g/mol. The van der Waals surface area contributed by atoms with Crippen LogP contribution >= 0.6 is 0 Å². The number of nitro benzene ring substituents is 2. The second-order valence-corrected chi connectivity index (χ2v) is 9.64. The van der Waals surface area contributed by atoms with E-state index < -0.39 is 32.9 Å². The van der Waals surface area contributed by atoms with Gasteiger partial charge in [0.05, 0.1) is 27.7 Å². The molecule has 0 aliphatic rings. The zero-order valence-electron chi connectivity index (χ0n) is 19.7. The summed E-state index contributed by atoms with van der Waals surface area (Å²) in [5.74, 6) is -0.950. The largest absolute Gasteiger partial charge is 0.502 e. The van der Waals surface area contributed by atoms with Crippen molar-refractivity contribution >= 4 is 23.5 Å². The maximum absolute atomic E-state index is 12.0. The molecule has 182 valence electrons. The smallest absolute Gasteiger partial charge is 0.318 e. The number of nitrogens with zero attached hydrogens (tertiary/aromatic N) is 3. The van der Waals surface area contributed by atoms with Crippen LogP contribution in [-0.2, 0) is 10.2 Å². The summed E-state index contributed by atoms with van der Waals surface area (Å²) in [6.07, 6.45) is 1.86. The first-order chi connectivity index (χ1) is 15.7. The maximum Gasteiger partial charge on any atom is 0.318 e. The Morgan fingerprint density at radius 2 is 1.71 bits per heavy atom. The Morgan fingerprint density at radius 3 is 2.24 bits per heavy atom. The van der Waals surface area contributed by atoms with Crippen LogP contribution in [0.5, 0.6) is 11.5 Å². The van der Waals surface area contributed by atoms with Gasteiger partial charge in [0, 0.05) is 6.07 Å². The van der Waals surface area contributed by atoms with Crippen molar-refractivity contribution in [3.05, 3.63) is 67.8 Å². The molecule has 0 aliphatic carbocycles. The molecular formula is C23H28N4O7. The number of nitro groups is 2. The lowest BCUT2D eigenvalue weighted by atomic mass is 9.72. The number of carbonyl (C=O) groups is 1. The molecule has 2 rings (SSSR count). The number of carbonyl (C=O) groups excluding carboxylic acids is 1. The normalized spacial score (nSPS) is 11.9. The standard InChI is InChI=1S/C23H28N4O7/c1-22(2,3)14-23(4,5)16-6-8-18(9-7-16)34-13-20(28)25-24-12-15-10-17(26(30)31)11-19(21(15)29)27(32)33/h6-12,29H,13-14H2,1-5H3,(H,25,28). The summed E-state index contributed by atoms with van der Waals surface area (Å²) in [6.45, 7) is 10.6. The van der Waals surface area contributed by atoms with E-state index in [0.29, 0.717) is 11.8 Å². The molecule has 0 aromatic heterocycles. The first kappa shape index (κ1) is 26.2. The van der Waals surface area contributed by atoms with E-state index in [2.05, 4.69) is 45.1 Å². The highest BCUT2D eigenvalue weighted by atomic mass is 16.6. The number of aromatic hydroxyl groups is 1. The van der Waals surface area contributed by atoms with E-state index >= 15 is 0 Å². The molecule has 34 heavy (non-hydrogen) atoms. The first-order valence-electron chi connectivity index (χ1n) is 10.4. The highest BCUT2D eigenvalue weighted by molar-refractivity contribution is 5.88. The molecule has 0 unspecified atom stereocenters. The third-order valence-electron chi connectivity index (χ3n) is 4.88. The van der Waals surface area contributed by atoms with Crippen molar-refractivity contribution in [3.8, 4) is 11.5 Å². The Kier molecular flexibility index (Phi) is 7.93. The second-order valence-electron chi connectivity index (χ2n) is 9.64. The molecule has 0 radical (unpaired) electrons. The molecule has 2 N–H and O–H groups in total. The summed E-state index contributed by atoms with van der Waals surface area (Å²) < 4.78 is 5.45. The van der Waals surface area contributed by atoms with Gasteiger partial charge in [-0.25, -0.2) is 5.43 Å². The van der Waals surface area contributed by atoms with E-state index in [0.717, 1.165) is 24.3 Å². The van der Waals surface area contributed by atoms with Gasteiger partial charge in [0.15, 0.2) is 6.61 Å². The summed E-state index contributed by atoms with van der Waals surface area (Å²) >= 11 is 0. The topological polar surface area (TPSA) is 157 Å². The summed E-state index contributed by atoms with van der Waals surface area (Å²) in [6, 6.07) is 8.99. The fourth-order valence-electron chi connectivity index (χ4n) is 3.75. The highest BCUT2D eigenvalue weighted by Gasteiger charge is 2.27. The van der Waals surface area contributed by atoms with Crippen LogP contribution in [0.4, 0.5) is 11.4 Å². The molecule has 11 nitrogen and oxygen atoms in total. The molecule has 11 heteroatoms. The summed E-state index contributed by atoms with van der Waals surface area (Å²) in [4.78, 5) is 32.1. The van der Waals surface area contributed by atoms with Crippen LogP contribution < -0.4 is 10.2 Å². The van der Waals surface area contributed by atoms with E-state index in [1.807, 2.05) is 12.1 Å². The third-order valence-corrected chi connectivity index (χ3v) is 4.88. The number of hydrazone groups is 1. The van der Waals surface area contributed by atoms with Gasteiger partial charge in [0.1, 0.15) is 5.75 Å². The number of hydrogen-bond donors (Lipinski definition) is 2. The number of amides is 1. The molecule has 2 aromatic rings. The lowest BCUT2D eigenvalue weighted by molar-refractivity contribution is -0.394. The monoisotopic (exact) mass is 472 g/mol. The van der Waals surface area contributed by atoms with Gasteiger partial charge in [-0.05, 0) is 34.9 Å². The lowest BCUT2D eigenvalue weighted by Crippen LogP contribution is -2.25. The zero-order chi connectivity index (χ0) is 25.7. The van der Waals surface area contributed by atoms with Crippen molar-refractivity contribution in [2.75, 3.05) is 6.61 Å². The Labute approximate surface area is 196 Å². The van der Waals surface area contributed by atoms with Gasteiger partial charge in [-0.2, -0.15) is 5.10 Å². The molecule has 0 fully saturated rings. The van der Waals surface area contributed by atoms with Gasteiger partial charge in [0.2, 0.25) is 5.75 Å². The average molecular weight is 472 g/mol. The van der Waals surface area contributed by atoms with Crippen molar-refractivity contribution in [3.63, 3.8) is 0 Å². The van der Waals surface area contributed by atoms with Crippen LogP contribution in [0.1, 0.15) is 52.2 Å². The van der Waals surface area contributed by atoms with Crippen LogP contribution in [0.3, 0.4) is 0 Å². The van der Waals surface area contributed by atoms with Gasteiger partial charge in [0.25, 0.3) is 11.6 Å². The number of phenols is 1. The van der Waals surface area contributed by atoms with Crippen molar-refractivity contribution in [1.29, 1.82) is 0 Å². The minimum Gasteiger partial charge on any atom is -0.502 e. The molecule has 0 spiro atoms. The maximum atomic E-state index is 12.0. The van der Waals surface area contributed by atoms with Gasteiger partial charge in [-0.15, -0.1) is 0 Å². The lowest BCUT2D eigenvalue weighted by Gasteiger charge is -2.33. The Bertz CT molecular complexity index is 1100. The molecule has 0 bridgehead atoms. The SMILES string of the molecule is CC(C)(C)CC(C)(C)c1ccc(OCC(=O)NN=Cc2cc([N+](=O)[O-])cc([N+](=O)[O-])c2O)cc1. The number of rotatable bonds is 9. The van der Waals surface area contributed by atoms with Gasteiger partial charge in [-0.3, -0.25) is 25.0 Å². The predicted molar refractivity (Wildman–Crippen MR) is 126 cm³/mol. The van der Waals surface area contributed by atoms with Gasteiger partial charge < -0.3 is 9.84 Å². The quantitative estimate of drug-likeness (QED) is 0.310. The van der Waals surface area contributed by atoms with E-state index in [4.69, 9.17) is 4.74 Å². The van der Waals surface area contributed by atoms with Crippen LogP contribution in [0.2, 0.25) is 0 Å². The second kappa shape index (κ2) is 10.3. The fraction of sp³-hybridized carbons (Fsp3) is 0.391. The highest BCUT2D eigenvalue weighted by Crippen LogP contribution is 2.36. The van der Waals surface area contributed by atoms with Crippen molar-refractivity contribution in [2.45, 2.75) is 46.5 Å². The minimum atomic E-state index is -0.957. The van der Waals surface area contributed by atoms with E-state index in [9.17, 15) is 30.1 Å². The average Bonchev–Trinajstić information content (AvgIpc) is 2.71. The van der Waals surface area contributed by atoms with Crippen LogP contribution in [0, 0.1) is 25.6 Å². The summed E-state index contributed by atoms with van der Waals surface area (Å²) in [5, 5.41) is 35.4. The van der Waals surface area contributed by atoms with E-state index in [-0.39, 0.29) is 23.0 Å². The molecule has 0 saturated carbocycles. The molecule has 0 heterocycles. The Morgan fingerprint density at radius 1 is 1.09 bits per heavy atom.